The molecule has 0 bridgehead atoms. The van der Waals surface area contributed by atoms with E-state index in [4.69, 9.17) is 29.5 Å². The van der Waals surface area contributed by atoms with Gasteiger partial charge in [0.15, 0.2) is 17.7 Å². The van der Waals surface area contributed by atoms with Crippen LogP contribution in [0.25, 0.3) is 0 Å². The summed E-state index contributed by atoms with van der Waals surface area (Å²) >= 11 is 0. The Kier molecular flexibility index (Phi) is 12.2. The van der Waals surface area contributed by atoms with E-state index in [-0.39, 0.29) is 37.4 Å². The van der Waals surface area contributed by atoms with Crippen molar-refractivity contribution in [3.05, 3.63) is 12.7 Å². The number of likely N-dealkylation sites (N-methyl/N-ethyl adjacent to an activating group) is 1. The third-order valence-corrected chi connectivity index (χ3v) is 10.2. The maximum Gasteiger partial charge on any atom is 0.425 e. The van der Waals surface area contributed by atoms with Crippen LogP contribution < -0.4 is 5.84 Å². The number of Topliss-reactive ketones (excluding diaryl/α,β-unsaturated/α-hetero) is 2. The molecule has 46 heavy (non-hydrogen) atoms. The van der Waals surface area contributed by atoms with E-state index in [1.807, 2.05) is 25.9 Å². The second-order valence-corrected chi connectivity index (χ2v) is 14.0. The molecule has 13 atom stereocenters. The molecule has 0 radical (unpaired) electrons. The Morgan fingerprint density at radius 2 is 1.72 bits per heavy atom. The lowest BCUT2D eigenvalue weighted by molar-refractivity contribution is -0.296. The minimum atomic E-state index is -1.47. The molecule has 3 aliphatic rings. The van der Waals surface area contributed by atoms with Gasteiger partial charge in [-0.2, -0.15) is 0 Å². The van der Waals surface area contributed by atoms with Crippen LogP contribution in [-0.4, -0.2) is 113 Å². The second-order valence-electron chi connectivity index (χ2n) is 14.0. The van der Waals surface area contributed by atoms with Crippen LogP contribution in [0.15, 0.2) is 12.7 Å². The van der Waals surface area contributed by atoms with Crippen LogP contribution in [0.4, 0.5) is 4.79 Å². The quantitative estimate of drug-likeness (QED) is 0.136. The van der Waals surface area contributed by atoms with Crippen LogP contribution in [-0.2, 0) is 38.1 Å². The lowest BCUT2D eigenvalue weighted by Crippen LogP contribution is -2.61. The van der Waals surface area contributed by atoms with Crippen molar-refractivity contribution in [3.63, 3.8) is 0 Å². The van der Waals surface area contributed by atoms with Gasteiger partial charge < -0.3 is 33.7 Å². The number of nitrogens with two attached hydrogens (primary N) is 1. The number of fused-ring (bicyclic) bond motifs is 1. The smallest absolute Gasteiger partial charge is 0.425 e. The lowest BCUT2D eigenvalue weighted by Gasteiger charge is -2.47. The number of carbonyl (C=O) groups excluding carboxylic acids is 4. The van der Waals surface area contributed by atoms with E-state index in [1.54, 1.807) is 47.6 Å². The van der Waals surface area contributed by atoms with Gasteiger partial charge >= 0.3 is 12.1 Å². The van der Waals surface area contributed by atoms with Crippen molar-refractivity contribution >= 4 is 23.6 Å². The van der Waals surface area contributed by atoms with Crippen molar-refractivity contribution in [2.45, 2.75) is 129 Å². The number of ketones is 2. The molecular weight excluding hydrogens is 598 g/mol. The third-order valence-electron chi connectivity index (χ3n) is 10.2. The molecule has 262 valence electrons. The van der Waals surface area contributed by atoms with Gasteiger partial charge in [-0.15, -0.1) is 6.58 Å². The van der Waals surface area contributed by atoms with Crippen LogP contribution in [0.2, 0.25) is 0 Å². The molecule has 0 aliphatic carbocycles. The van der Waals surface area contributed by atoms with Crippen molar-refractivity contribution < 1.29 is 48.0 Å². The van der Waals surface area contributed by atoms with Crippen LogP contribution in [0, 0.1) is 23.7 Å². The van der Waals surface area contributed by atoms with Crippen molar-refractivity contribution in [2.24, 2.45) is 29.5 Å². The maximum atomic E-state index is 14.2. The van der Waals surface area contributed by atoms with Crippen molar-refractivity contribution in [3.8, 4) is 0 Å². The first-order valence-corrected chi connectivity index (χ1v) is 16.3. The Morgan fingerprint density at radius 3 is 2.28 bits per heavy atom. The zero-order valence-corrected chi connectivity index (χ0v) is 29.1. The first-order chi connectivity index (χ1) is 21.3. The summed E-state index contributed by atoms with van der Waals surface area (Å²) in [4.78, 5) is 56.6. The van der Waals surface area contributed by atoms with Crippen LogP contribution in [0.3, 0.4) is 0 Å². The second kappa shape index (κ2) is 14.8. The number of esters is 1. The molecular formula is C33H55N3O10. The number of hydrogen-bond acceptors (Lipinski definition) is 12. The zero-order valence-electron chi connectivity index (χ0n) is 29.1. The highest BCUT2D eigenvalue weighted by molar-refractivity contribution is 6.00. The predicted octanol–water partition coefficient (Wildman–Crippen LogP) is 2.62. The first kappa shape index (κ1) is 38.0. The number of aliphatic hydroxyl groups is 1. The van der Waals surface area contributed by atoms with E-state index in [2.05, 4.69) is 6.58 Å². The number of carbonyl (C=O) groups is 4. The topological polar surface area (TPSA) is 167 Å². The number of amides is 1. The molecule has 0 aromatic rings. The Hall–Kier alpha value is -2.42. The normalized spacial score (nSPS) is 43.2. The predicted molar refractivity (Wildman–Crippen MR) is 168 cm³/mol. The Bertz CT molecular complexity index is 1150. The van der Waals surface area contributed by atoms with E-state index in [0.29, 0.717) is 6.42 Å². The lowest BCUT2D eigenvalue weighted by atomic mass is 9.73. The molecule has 13 heteroatoms. The first-order valence-electron chi connectivity index (χ1n) is 16.3. The van der Waals surface area contributed by atoms with Gasteiger partial charge in [0.25, 0.3) is 0 Å². The zero-order chi connectivity index (χ0) is 34.9. The highest BCUT2D eigenvalue weighted by Crippen LogP contribution is 2.42. The Balaban J connectivity index is 2.16. The molecule has 0 unspecified atom stereocenters. The number of ether oxygens (including phenoxy) is 5. The SMILES string of the molecule is C=CCO[C@]1(C)C[C@@H](C)C(=O)[C@H](C)[C@H]2N(N)C(=O)O[C@]2(C)[C@@H](CC)OC(=O)[C@H](C)C(=O)[C@H](C)[C@H]1O[C@@H]1O[C@H](C)C[C@H](N(C)C)[C@H]1O. The summed E-state index contributed by atoms with van der Waals surface area (Å²) < 4.78 is 30.6. The number of nitrogens with zero attached hydrogens (tertiary/aromatic N) is 2. The Labute approximate surface area is 273 Å². The van der Waals surface area contributed by atoms with Crippen LogP contribution >= 0.6 is 0 Å². The summed E-state index contributed by atoms with van der Waals surface area (Å²) in [5, 5.41) is 12.2. The number of rotatable bonds is 7. The number of hydrogen-bond donors (Lipinski definition) is 2. The van der Waals surface area contributed by atoms with Crippen LogP contribution in [0.1, 0.15) is 74.7 Å². The monoisotopic (exact) mass is 653 g/mol. The van der Waals surface area contributed by atoms with Crippen molar-refractivity contribution in [1.82, 2.24) is 9.91 Å². The van der Waals surface area contributed by atoms with Gasteiger partial charge in [0.1, 0.15) is 30.0 Å². The minimum Gasteiger partial charge on any atom is -0.458 e. The van der Waals surface area contributed by atoms with E-state index >= 15 is 0 Å². The fourth-order valence-electron chi connectivity index (χ4n) is 7.60. The minimum absolute atomic E-state index is 0.0634. The summed E-state index contributed by atoms with van der Waals surface area (Å²) in [7, 11) is 3.71. The number of cyclic esters (lactones) is 1. The Morgan fingerprint density at radius 1 is 1.09 bits per heavy atom. The fraction of sp³-hybridized carbons (Fsp3) is 0.818. The van der Waals surface area contributed by atoms with Crippen molar-refractivity contribution in [2.75, 3.05) is 20.7 Å². The number of aliphatic hydroxyl groups excluding tert-OH is 1. The molecule has 0 spiro atoms. The molecule has 13 nitrogen and oxygen atoms in total. The van der Waals surface area contributed by atoms with E-state index in [0.717, 1.165) is 5.01 Å². The fourth-order valence-corrected chi connectivity index (χ4v) is 7.60. The average Bonchev–Trinajstić information content (AvgIpc) is 3.23. The van der Waals surface area contributed by atoms with Crippen molar-refractivity contribution in [1.29, 1.82) is 0 Å². The molecule has 3 N–H and O–H groups in total. The summed E-state index contributed by atoms with van der Waals surface area (Å²) in [5.41, 5.74) is -2.78. The molecule has 0 aromatic carbocycles. The van der Waals surface area contributed by atoms with Gasteiger partial charge in [0.2, 0.25) is 0 Å². The molecule has 3 saturated heterocycles. The third kappa shape index (κ3) is 7.34. The summed E-state index contributed by atoms with van der Waals surface area (Å²) in [6.07, 6.45) is -2.96. The maximum absolute atomic E-state index is 14.2. The van der Waals surface area contributed by atoms with E-state index in [9.17, 15) is 24.3 Å². The highest BCUT2D eigenvalue weighted by Gasteiger charge is 2.60. The molecule has 3 fully saturated rings. The van der Waals surface area contributed by atoms with Gasteiger partial charge in [-0.25, -0.2) is 15.6 Å². The molecule has 3 aliphatic heterocycles. The molecule has 1 amide bonds. The van der Waals surface area contributed by atoms with Gasteiger partial charge in [-0.05, 0) is 61.1 Å². The summed E-state index contributed by atoms with van der Waals surface area (Å²) in [5.74, 6) is 0.914. The molecule has 3 heterocycles. The van der Waals surface area contributed by atoms with Gasteiger partial charge in [0.05, 0.1) is 24.4 Å². The summed E-state index contributed by atoms with van der Waals surface area (Å²) in [6.45, 7) is 17.3. The van der Waals surface area contributed by atoms with Crippen LogP contribution in [0.5, 0.6) is 0 Å². The molecule has 0 saturated carbocycles. The van der Waals surface area contributed by atoms with Gasteiger partial charge in [-0.1, -0.05) is 33.8 Å². The molecule has 0 aromatic heterocycles. The largest absolute Gasteiger partial charge is 0.458 e. The van der Waals surface area contributed by atoms with Gasteiger partial charge in [0, 0.05) is 23.8 Å². The highest BCUT2D eigenvalue weighted by atomic mass is 16.7. The van der Waals surface area contributed by atoms with Gasteiger partial charge in [-0.3, -0.25) is 14.4 Å². The van der Waals surface area contributed by atoms with E-state index in [1.165, 1.54) is 6.92 Å². The standard InChI is InChI=1S/C33H55N3O10/c1-12-14-42-32(8)16-17(3)24(37)19(5)27-33(9,46-31(41)36(27)34)23(13-2)44-29(40)21(7)25(38)20(6)28(32)45-30-26(39)22(35(10)11)15-18(4)43-30/h12,17-23,26-28,30,39H,1,13-16,34H2,2-11H3/t17-,18-,19+,20+,21-,22+,23-,26-,27-,28-,30+,32-,33-/m1/s1. The molecule has 3 rings (SSSR count). The number of hydrazine groups is 1. The summed E-state index contributed by atoms with van der Waals surface area (Å²) in [6, 6.07) is -1.26. The van der Waals surface area contributed by atoms with E-state index < -0.39 is 83.4 Å². The average molecular weight is 654 g/mol.